The van der Waals surface area contributed by atoms with Crippen LogP contribution in [-0.4, -0.2) is 10.9 Å². The number of unbranched alkanes of at least 4 members (excludes halogenated alkanes) is 3. The summed E-state index contributed by atoms with van der Waals surface area (Å²) in [4.78, 5) is 0. The minimum atomic E-state index is 0.522. The maximum Gasteiger partial charge on any atom is 0.0795 e. The molecule has 0 amide bonds. The smallest absolute Gasteiger partial charge is 0.0795 e. The fourth-order valence-electron chi connectivity index (χ4n) is 1.71. The Morgan fingerprint density at radius 2 is 2.00 bits per heavy atom. The van der Waals surface area contributed by atoms with Crippen LogP contribution in [0, 0.1) is 0 Å². The van der Waals surface area contributed by atoms with Gasteiger partial charge in [-0.1, -0.05) is 66.7 Å². The van der Waals surface area contributed by atoms with E-state index in [1.165, 1.54) is 12.8 Å². The van der Waals surface area contributed by atoms with Crippen LogP contribution in [-0.2, 0) is 0 Å². The Bertz CT molecular complexity index is 455. The van der Waals surface area contributed by atoms with Crippen LogP contribution >= 0.6 is 23.2 Å². The molecule has 0 atom stereocenters. The molecule has 0 saturated carbocycles. The van der Waals surface area contributed by atoms with E-state index >= 15 is 0 Å². The summed E-state index contributed by atoms with van der Waals surface area (Å²) in [5.41, 5.74) is 1.62. The number of oxime groups is 1. The lowest BCUT2D eigenvalue weighted by atomic mass is 10.1. The predicted molar refractivity (Wildman–Crippen MR) is 83.5 cm³/mol. The first-order valence-corrected chi connectivity index (χ1v) is 7.27. The van der Waals surface area contributed by atoms with Crippen LogP contribution in [0.1, 0.15) is 44.6 Å². The third-order valence-corrected chi connectivity index (χ3v) is 3.57. The summed E-state index contributed by atoms with van der Waals surface area (Å²) in [6, 6.07) is 5.41. The zero-order valence-corrected chi connectivity index (χ0v) is 12.6. The van der Waals surface area contributed by atoms with E-state index in [2.05, 4.69) is 12.1 Å². The van der Waals surface area contributed by atoms with E-state index in [9.17, 15) is 0 Å². The number of hydrogen-bond donors (Lipinski definition) is 1. The number of rotatable bonds is 7. The maximum atomic E-state index is 8.95. The average molecular weight is 300 g/mol. The van der Waals surface area contributed by atoms with Gasteiger partial charge in [0.05, 0.1) is 15.8 Å². The molecule has 1 N–H and O–H groups in total. The summed E-state index contributed by atoms with van der Waals surface area (Å²) in [6.45, 7) is 2.17. The van der Waals surface area contributed by atoms with Gasteiger partial charge in [0.25, 0.3) is 0 Å². The molecule has 4 heteroatoms. The molecule has 19 heavy (non-hydrogen) atoms. The maximum absolute atomic E-state index is 8.95. The zero-order valence-electron chi connectivity index (χ0n) is 11.1. The van der Waals surface area contributed by atoms with Gasteiger partial charge >= 0.3 is 0 Å². The van der Waals surface area contributed by atoms with Crippen molar-refractivity contribution in [1.82, 2.24) is 0 Å². The van der Waals surface area contributed by atoms with Gasteiger partial charge in [0.15, 0.2) is 0 Å². The van der Waals surface area contributed by atoms with E-state index in [1.54, 1.807) is 12.1 Å². The third-order valence-electron chi connectivity index (χ3n) is 2.83. The fourth-order valence-corrected chi connectivity index (χ4v) is 2.01. The van der Waals surface area contributed by atoms with Crippen LogP contribution in [0.2, 0.25) is 10.0 Å². The lowest BCUT2D eigenvalue weighted by Gasteiger charge is -2.00. The lowest BCUT2D eigenvalue weighted by Crippen LogP contribution is -1.93. The number of hydrogen-bond acceptors (Lipinski definition) is 2. The summed E-state index contributed by atoms with van der Waals surface area (Å²) >= 11 is 11.8. The van der Waals surface area contributed by atoms with Crippen molar-refractivity contribution in [3.63, 3.8) is 0 Å². The summed E-state index contributed by atoms with van der Waals surface area (Å²) in [5.74, 6) is 0. The molecule has 0 aliphatic carbocycles. The van der Waals surface area contributed by atoms with Gasteiger partial charge < -0.3 is 5.21 Å². The predicted octanol–water partition coefficient (Wildman–Crippen LogP) is 5.81. The molecule has 0 bridgehead atoms. The number of allylic oxidation sites excluding steroid dienone is 1. The van der Waals surface area contributed by atoms with Crippen LogP contribution < -0.4 is 0 Å². The molecule has 0 aliphatic heterocycles. The van der Waals surface area contributed by atoms with E-state index in [0.29, 0.717) is 15.8 Å². The highest BCUT2D eigenvalue weighted by Crippen LogP contribution is 2.23. The molecule has 0 unspecified atom stereocenters. The molecule has 0 spiro atoms. The molecule has 0 saturated heterocycles. The second kappa shape index (κ2) is 9.00. The Labute approximate surface area is 124 Å². The average Bonchev–Trinajstić information content (AvgIpc) is 2.42. The normalized spacial score (nSPS) is 12.3. The van der Waals surface area contributed by atoms with Crippen molar-refractivity contribution < 1.29 is 5.21 Å². The van der Waals surface area contributed by atoms with Gasteiger partial charge in [0.2, 0.25) is 0 Å². The summed E-state index contributed by atoms with van der Waals surface area (Å²) in [5, 5.41) is 13.3. The number of halogens is 2. The molecule has 1 rings (SSSR count). The minimum Gasteiger partial charge on any atom is -0.411 e. The topological polar surface area (TPSA) is 32.6 Å². The molecule has 1 aromatic rings. The van der Waals surface area contributed by atoms with Crippen LogP contribution in [0.3, 0.4) is 0 Å². The van der Waals surface area contributed by atoms with Gasteiger partial charge in [0.1, 0.15) is 0 Å². The Hall–Kier alpha value is -0.990. The quantitative estimate of drug-likeness (QED) is 0.293. The van der Waals surface area contributed by atoms with Crippen molar-refractivity contribution in [3.8, 4) is 0 Å². The molecule has 2 nitrogen and oxygen atoms in total. The second-order valence-electron chi connectivity index (χ2n) is 4.41. The Morgan fingerprint density at radius 3 is 2.63 bits per heavy atom. The lowest BCUT2D eigenvalue weighted by molar-refractivity contribution is 0.318. The molecule has 104 valence electrons. The molecular weight excluding hydrogens is 281 g/mol. The zero-order chi connectivity index (χ0) is 14.1. The second-order valence-corrected chi connectivity index (χ2v) is 5.22. The van der Waals surface area contributed by atoms with Crippen molar-refractivity contribution in [2.24, 2.45) is 5.16 Å². The Morgan fingerprint density at radius 1 is 1.21 bits per heavy atom. The molecular formula is C15H19Cl2NO. The van der Waals surface area contributed by atoms with Crippen LogP contribution in [0.15, 0.2) is 29.4 Å². The van der Waals surface area contributed by atoms with E-state index in [4.69, 9.17) is 28.4 Å². The van der Waals surface area contributed by atoms with Gasteiger partial charge in [-0.25, -0.2) is 0 Å². The summed E-state index contributed by atoms with van der Waals surface area (Å²) < 4.78 is 0. The Kier molecular flexibility index (Phi) is 7.61. The summed E-state index contributed by atoms with van der Waals surface area (Å²) in [6.07, 6.45) is 9.09. The molecule has 0 radical (unpaired) electrons. The largest absolute Gasteiger partial charge is 0.411 e. The molecule has 1 aromatic carbocycles. The molecule has 0 aromatic heterocycles. The van der Waals surface area contributed by atoms with Gasteiger partial charge in [-0.2, -0.15) is 0 Å². The minimum absolute atomic E-state index is 0.522. The molecule has 0 fully saturated rings. The van der Waals surface area contributed by atoms with Gasteiger partial charge in [-0.3, -0.25) is 0 Å². The van der Waals surface area contributed by atoms with Gasteiger partial charge in [-0.15, -0.1) is 0 Å². The highest BCUT2D eigenvalue weighted by molar-refractivity contribution is 6.42. The van der Waals surface area contributed by atoms with Crippen molar-refractivity contribution in [1.29, 1.82) is 0 Å². The highest BCUT2D eigenvalue weighted by Gasteiger charge is 1.99. The van der Waals surface area contributed by atoms with Crippen LogP contribution in [0.5, 0.6) is 0 Å². The molecule has 0 heterocycles. The van der Waals surface area contributed by atoms with Crippen molar-refractivity contribution in [3.05, 3.63) is 39.9 Å². The Balaban J connectivity index is 2.55. The van der Waals surface area contributed by atoms with Crippen LogP contribution in [0.4, 0.5) is 0 Å². The standard InChI is InChI=1S/C15H19Cl2NO/c1-2-3-4-5-6-13(18-19)9-7-12-8-10-14(16)15(17)11-12/h7-11,19H,2-6H2,1H3/b9-7+,18-13+. The van der Waals surface area contributed by atoms with Gasteiger partial charge in [-0.05, 0) is 36.6 Å². The van der Waals surface area contributed by atoms with Crippen molar-refractivity contribution in [2.75, 3.05) is 0 Å². The highest BCUT2D eigenvalue weighted by atomic mass is 35.5. The van der Waals surface area contributed by atoms with Gasteiger partial charge in [0, 0.05) is 0 Å². The van der Waals surface area contributed by atoms with Crippen molar-refractivity contribution in [2.45, 2.75) is 39.0 Å². The number of benzene rings is 1. The third kappa shape index (κ3) is 6.13. The van der Waals surface area contributed by atoms with E-state index < -0.39 is 0 Å². The molecule has 0 aliphatic rings. The number of nitrogens with zero attached hydrogens (tertiary/aromatic N) is 1. The first kappa shape index (κ1) is 16.1. The fraction of sp³-hybridized carbons (Fsp3) is 0.400. The van der Waals surface area contributed by atoms with E-state index in [-0.39, 0.29) is 0 Å². The first-order chi connectivity index (χ1) is 9.17. The van der Waals surface area contributed by atoms with Crippen molar-refractivity contribution >= 4 is 35.0 Å². The SMILES string of the molecule is CCCCCCC(/C=C/c1ccc(Cl)c(Cl)c1)=N\O. The van der Waals surface area contributed by atoms with E-state index in [1.807, 2.05) is 18.2 Å². The van der Waals surface area contributed by atoms with Crippen LogP contribution in [0.25, 0.3) is 6.08 Å². The monoisotopic (exact) mass is 299 g/mol. The first-order valence-electron chi connectivity index (χ1n) is 6.51. The van der Waals surface area contributed by atoms with E-state index in [0.717, 1.165) is 24.8 Å². The summed E-state index contributed by atoms with van der Waals surface area (Å²) in [7, 11) is 0.